The molecule has 0 saturated carbocycles. The molecule has 0 radical (unpaired) electrons. The predicted molar refractivity (Wildman–Crippen MR) is 141 cm³/mol. The Labute approximate surface area is 214 Å². The van der Waals surface area contributed by atoms with Crippen molar-refractivity contribution in [1.82, 2.24) is 25.4 Å². The summed E-state index contributed by atoms with van der Waals surface area (Å²) in [6.07, 6.45) is 7.84. The van der Waals surface area contributed by atoms with Gasteiger partial charge in [-0.25, -0.2) is 0 Å². The van der Waals surface area contributed by atoms with Gasteiger partial charge in [-0.05, 0) is 45.2 Å². The number of rotatable bonds is 8. The van der Waals surface area contributed by atoms with Gasteiger partial charge in [0.05, 0.1) is 6.61 Å². The van der Waals surface area contributed by atoms with E-state index in [1.54, 1.807) is 7.05 Å². The summed E-state index contributed by atoms with van der Waals surface area (Å²) in [5, 5.41) is 15.6. The number of benzene rings is 1. The number of fused-ring (bicyclic) bond motifs is 2. The Bertz CT molecular complexity index is 945. The standard InChI is InChI=1S/C24H36N6O2.HI/c1-4-31-20-14-18-13-17(2)32-21(18)15-19(20)16-27-24(25-3)26-11-8-10-23-29-28-22-9-6-5-7-12-30(22)23;/h14-15,17H,4-13,16H2,1-3H3,(H2,25,26,27);1H. The lowest BCUT2D eigenvalue weighted by Gasteiger charge is -2.16. The summed E-state index contributed by atoms with van der Waals surface area (Å²) in [6, 6.07) is 4.22. The Balaban J connectivity index is 0.00000306. The van der Waals surface area contributed by atoms with Crippen LogP contribution in [-0.4, -0.2) is 47.0 Å². The molecule has 9 heteroatoms. The van der Waals surface area contributed by atoms with Crippen LogP contribution < -0.4 is 20.1 Å². The molecule has 3 heterocycles. The molecule has 1 atom stereocenters. The van der Waals surface area contributed by atoms with Crippen LogP contribution in [0.1, 0.15) is 62.3 Å². The van der Waals surface area contributed by atoms with Crippen LogP contribution in [0.2, 0.25) is 0 Å². The monoisotopic (exact) mass is 568 g/mol. The van der Waals surface area contributed by atoms with Crippen molar-refractivity contribution in [1.29, 1.82) is 0 Å². The van der Waals surface area contributed by atoms with E-state index in [0.29, 0.717) is 13.2 Å². The molecule has 8 nitrogen and oxygen atoms in total. The van der Waals surface area contributed by atoms with Crippen molar-refractivity contribution in [2.75, 3.05) is 20.2 Å². The highest BCUT2D eigenvalue weighted by Gasteiger charge is 2.22. The van der Waals surface area contributed by atoms with E-state index in [4.69, 9.17) is 9.47 Å². The van der Waals surface area contributed by atoms with Crippen LogP contribution >= 0.6 is 24.0 Å². The maximum absolute atomic E-state index is 5.93. The Hall–Kier alpha value is -2.04. The van der Waals surface area contributed by atoms with Gasteiger partial charge in [-0.1, -0.05) is 6.42 Å². The first kappa shape index (κ1) is 25.6. The van der Waals surface area contributed by atoms with E-state index in [2.05, 4.69) is 49.4 Å². The van der Waals surface area contributed by atoms with Crippen LogP contribution in [0.25, 0.3) is 0 Å². The molecule has 4 rings (SSSR count). The molecular weight excluding hydrogens is 531 g/mol. The minimum atomic E-state index is 0. The third kappa shape index (κ3) is 6.51. The molecule has 2 aliphatic rings. The summed E-state index contributed by atoms with van der Waals surface area (Å²) in [7, 11) is 1.80. The molecule has 1 unspecified atom stereocenters. The normalized spacial score (nSPS) is 17.3. The predicted octanol–water partition coefficient (Wildman–Crippen LogP) is 3.64. The maximum atomic E-state index is 5.93. The van der Waals surface area contributed by atoms with E-state index in [1.807, 2.05) is 6.92 Å². The molecule has 0 fully saturated rings. The van der Waals surface area contributed by atoms with Crippen molar-refractivity contribution in [3.05, 3.63) is 34.9 Å². The van der Waals surface area contributed by atoms with Gasteiger partial charge in [0, 0.05) is 57.1 Å². The lowest BCUT2D eigenvalue weighted by atomic mass is 10.1. The molecule has 2 N–H and O–H groups in total. The van der Waals surface area contributed by atoms with Gasteiger partial charge in [0.15, 0.2) is 5.96 Å². The van der Waals surface area contributed by atoms with Crippen molar-refractivity contribution in [2.24, 2.45) is 4.99 Å². The van der Waals surface area contributed by atoms with Gasteiger partial charge in [0.25, 0.3) is 0 Å². The second kappa shape index (κ2) is 12.4. The molecule has 2 aromatic rings. The number of aromatic nitrogens is 3. The maximum Gasteiger partial charge on any atom is 0.191 e. The smallest absolute Gasteiger partial charge is 0.191 e. The number of halogens is 1. The summed E-state index contributed by atoms with van der Waals surface area (Å²) in [4.78, 5) is 4.37. The van der Waals surface area contributed by atoms with Gasteiger partial charge in [0.1, 0.15) is 29.3 Å². The van der Waals surface area contributed by atoms with Crippen LogP contribution in [0.3, 0.4) is 0 Å². The van der Waals surface area contributed by atoms with E-state index in [-0.39, 0.29) is 30.1 Å². The topological polar surface area (TPSA) is 85.6 Å². The van der Waals surface area contributed by atoms with Crippen molar-refractivity contribution in [3.63, 3.8) is 0 Å². The summed E-state index contributed by atoms with van der Waals surface area (Å²) < 4.78 is 14.1. The lowest BCUT2D eigenvalue weighted by molar-refractivity contribution is 0.254. The Kier molecular flexibility index (Phi) is 9.64. The van der Waals surface area contributed by atoms with E-state index < -0.39 is 0 Å². The fourth-order valence-electron chi connectivity index (χ4n) is 4.49. The SMILES string of the molecule is CCOc1cc2c(cc1CNC(=NC)NCCCc1nnc3n1CCCCC3)OC(C)C2.I. The first-order valence-corrected chi connectivity index (χ1v) is 12.0. The first-order chi connectivity index (χ1) is 15.7. The molecular formula is C24H37IN6O2. The summed E-state index contributed by atoms with van der Waals surface area (Å²) >= 11 is 0. The van der Waals surface area contributed by atoms with Crippen molar-refractivity contribution < 1.29 is 9.47 Å². The average molecular weight is 569 g/mol. The van der Waals surface area contributed by atoms with E-state index in [0.717, 1.165) is 73.4 Å². The molecule has 0 spiro atoms. The number of hydrogen-bond donors (Lipinski definition) is 2. The minimum Gasteiger partial charge on any atom is -0.494 e. The van der Waals surface area contributed by atoms with Crippen LogP contribution in [0.15, 0.2) is 17.1 Å². The van der Waals surface area contributed by atoms with Gasteiger partial charge in [-0.2, -0.15) is 0 Å². The zero-order chi connectivity index (χ0) is 22.3. The Morgan fingerprint density at radius 1 is 1.24 bits per heavy atom. The van der Waals surface area contributed by atoms with Gasteiger partial charge < -0.3 is 24.7 Å². The highest BCUT2D eigenvalue weighted by atomic mass is 127. The fourth-order valence-corrected chi connectivity index (χ4v) is 4.49. The summed E-state index contributed by atoms with van der Waals surface area (Å²) in [5.41, 5.74) is 2.30. The molecule has 1 aromatic carbocycles. The van der Waals surface area contributed by atoms with Gasteiger partial charge >= 0.3 is 0 Å². The number of ether oxygens (including phenoxy) is 2. The Morgan fingerprint density at radius 3 is 2.94 bits per heavy atom. The third-order valence-corrected chi connectivity index (χ3v) is 6.10. The fraction of sp³-hybridized carbons (Fsp3) is 0.625. The highest BCUT2D eigenvalue weighted by molar-refractivity contribution is 14.0. The van der Waals surface area contributed by atoms with Crippen LogP contribution in [0.4, 0.5) is 0 Å². The molecule has 1 aromatic heterocycles. The van der Waals surface area contributed by atoms with E-state index >= 15 is 0 Å². The van der Waals surface area contributed by atoms with Gasteiger partial charge in [0.2, 0.25) is 0 Å². The lowest BCUT2D eigenvalue weighted by Crippen LogP contribution is -2.37. The van der Waals surface area contributed by atoms with E-state index in [9.17, 15) is 0 Å². The molecule has 0 bridgehead atoms. The quantitative estimate of drug-likeness (QED) is 0.219. The average Bonchev–Trinajstić information content (AvgIpc) is 3.25. The molecule has 0 saturated heterocycles. The van der Waals surface area contributed by atoms with Gasteiger partial charge in [-0.3, -0.25) is 4.99 Å². The second-order valence-corrected chi connectivity index (χ2v) is 8.58. The van der Waals surface area contributed by atoms with Crippen LogP contribution in [-0.2, 0) is 32.4 Å². The number of aliphatic imine (C=N–C) groups is 1. The number of nitrogens with one attached hydrogen (secondary N) is 2. The number of hydrogen-bond acceptors (Lipinski definition) is 5. The first-order valence-electron chi connectivity index (χ1n) is 12.0. The number of guanidine groups is 1. The largest absolute Gasteiger partial charge is 0.494 e. The molecule has 0 amide bonds. The molecule has 182 valence electrons. The molecule has 33 heavy (non-hydrogen) atoms. The van der Waals surface area contributed by atoms with Crippen molar-refractivity contribution in [2.45, 2.75) is 78.0 Å². The minimum absolute atomic E-state index is 0. The Morgan fingerprint density at radius 2 is 2.12 bits per heavy atom. The highest BCUT2D eigenvalue weighted by Crippen LogP contribution is 2.35. The van der Waals surface area contributed by atoms with Crippen LogP contribution in [0, 0.1) is 0 Å². The van der Waals surface area contributed by atoms with Crippen molar-refractivity contribution in [3.8, 4) is 11.5 Å². The summed E-state index contributed by atoms with van der Waals surface area (Å²) in [6.45, 7) is 7.25. The molecule has 2 aliphatic heterocycles. The zero-order valence-corrected chi connectivity index (χ0v) is 22.4. The number of nitrogens with zero attached hydrogens (tertiary/aromatic N) is 4. The van der Waals surface area contributed by atoms with Crippen LogP contribution in [0.5, 0.6) is 11.5 Å². The summed E-state index contributed by atoms with van der Waals surface area (Å²) in [5.74, 6) is 4.93. The zero-order valence-electron chi connectivity index (χ0n) is 20.0. The van der Waals surface area contributed by atoms with Gasteiger partial charge in [-0.15, -0.1) is 34.2 Å². The van der Waals surface area contributed by atoms with Crippen molar-refractivity contribution >= 4 is 29.9 Å². The molecule has 0 aliphatic carbocycles. The van der Waals surface area contributed by atoms with E-state index in [1.165, 1.54) is 24.8 Å². The second-order valence-electron chi connectivity index (χ2n) is 8.58. The third-order valence-electron chi connectivity index (χ3n) is 6.10. The number of aryl methyl sites for hydroxylation is 2.